The average molecular weight is 212 g/mol. The van der Waals surface area contributed by atoms with E-state index in [0.29, 0.717) is 18.8 Å². The monoisotopic (exact) mass is 212 g/mol. The molecular formula is C10H16N2O3. The number of ether oxygens (including phenoxy) is 1. The minimum atomic E-state index is -0.248. The van der Waals surface area contributed by atoms with Gasteiger partial charge in [-0.3, -0.25) is 0 Å². The Labute approximate surface area is 88.8 Å². The van der Waals surface area contributed by atoms with Crippen LogP contribution in [0.1, 0.15) is 18.8 Å². The second kappa shape index (κ2) is 6.08. The van der Waals surface area contributed by atoms with Crippen LogP contribution < -0.4 is 10.6 Å². The molecule has 0 bridgehead atoms. The summed E-state index contributed by atoms with van der Waals surface area (Å²) in [5.74, 6) is 0.703. The second-order valence-electron chi connectivity index (χ2n) is 2.98. The maximum Gasteiger partial charge on any atom is 0.314 e. The van der Waals surface area contributed by atoms with E-state index in [-0.39, 0.29) is 12.1 Å². The van der Waals surface area contributed by atoms with Crippen molar-refractivity contribution >= 4 is 6.03 Å². The van der Waals surface area contributed by atoms with Gasteiger partial charge in [-0.1, -0.05) is 0 Å². The smallest absolute Gasteiger partial charge is 0.314 e. The fourth-order valence-corrected chi connectivity index (χ4v) is 1.18. The summed E-state index contributed by atoms with van der Waals surface area (Å²) in [5, 5.41) is 5.32. The van der Waals surface area contributed by atoms with Crippen LogP contribution in [0, 0.1) is 0 Å². The highest BCUT2D eigenvalue weighted by Crippen LogP contribution is 2.15. The molecule has 1 heterocycles. The lowest BCUT2D eigenvalue weighted by Crippen LogP contribution is -2.37. The van der Waals surface area contributed by atoms with Gasteiger partial charge in [0.15, 0.2) is 0 Å². The van der Waals surface area contributed by atoms with Crippen molar-refractivity contribution in [2.24, 2.45) is 0 Å². The van der Waals surface area contributed by atoms with Gasteiger partial charge in [-0.15, -0.1) is 0 Å². The summed E-state index contributed by atoms with van der Waals surface area (Å²) in [7, 11) is 1.58. The number of nitrogens with one attached hydrogen (secondary N) is 2. The Morgan fingerprint density at radius 1 is 1.60 bits per heavy atom. The van der Waals surface area contributed by atoms with Gasteiger partial charge in [0.25, 0.3) is 0 Å². The zero-order valence-corrected chi connectivity index (χ0v) is 8.95. The Balaban J connectivity index is 2.38. The third-order valence-corrected chi connectivity index (χ3v) is 1.93. The Hall–Kier alpha value is -1.49. The van der Waals surface area contributed by atoms with Crippen molar-refractivity contribution < 1.29 is 13.9 Å². The van der Waals surface area contributed by atoms with Crippen molar-refractivity contribution in [3.63, 3.8) is 0 Å². The van der Waals surface area contributed by atoms with Crippen molar-refractivity contribution in [2.45, 2.75) is 13.0 Å². The first-order valence-electron chi connectivity index (χ1n) is 4.85. The normalized spacial score (nSPS) is 12.1. The number of hydrogen-bond donors (Lipinski definition) is 2. The van der Waals surface area contributed by atoms with Crippen molar-refractivity contribution in [1.82, 2.24) is 10.6 Å². The molecule has 0 spiro atoms. The highest BCUT2D eigenvalue weighted by atomic mass is 16.5. The molecule has 0 aliphatic rings. The highest BCUT2D eigenvalue weighted by Gasteiger charge is 2.13. The number of rotatable bonds is 5. The zero-order chi connectivity index (χ0) is 11.1. The SMILES string of the molecule is CCNC(=O)NCC(OC)c1ccco1. The summed E-state index contributed by atoms with van der Waals surface area (Å²) in [5.41, 5.74) is 0. The van der Waals surface area contributed by atoms with Gasteiger partial charge in [0.2, 0.25) is 0 Å². The van der Waals surface area contributed by atoms with Crippen LogP contribution in [0.2, 0.25) is 0 Å². The van der Waals surface area contributed by atoms with Gasteiger partial charge < -0.3 is 19.8 Å². The van der Waals surface area contributed by atoms with E-state index >= 15 is 0 Å². The van der Waals surface area contributed by atoms with E-state index in [1.165, 1.54) is 0 Å². The molecule has 1 atom stereocenters. The number of urea groups is 1. The summed E-state index contributed by atoms with van der Waals surface area (Å²) >= 11 is 0. The topological polar surface area (TPSA) is 63.5 Å². The molecule has 0 fully saturated rings. The summed E-state index contributed by atoms with van der Waals surface area (Å²) < 4.78 is 10.4. The molecule has 0 aromatic carbocycles. The molecule has 1 rings (SSSR count). The minimum absolute atomic E-state index is 0.203. The number of furan rings is 1. The molecule has 5 heteroatoms. The van der Waals surface area contributed by atoms with Crippen LogP contribution in [0.3, 0.4) is 0 Å². The Kier molecular flexibility index (Phi) is 4.70. The number of carbonyl (C=O) groups excluding carboxylic acids is 1. The van der Waals surface area contributed by atoms with E-state index in [0.717, 1.165) is 0 Å². The molecule has 84 valence electrons. The zero-order valence-electron chi connectivity index (χ0n) is 8.95. The van der Waals surface area contributed by atoms with Crippen LogP contribution in [0.5, 0.6) is 0 Å². The summed E-state index contributed by atoms with van der Waals surface area (Å²) in [6.45, 7) is 2.85. The molecule has 1 unspecified atom stereocenters. The molecule has 2 N–H and O–H groups in total. The molecule has 0 aliphatic carbocycles. The molecule has 15 heavy (non-hydrogen) atoms. The van der Waals surface area contributed by atoms with Gasteiger partial charge in [-0.25, -0.2) is 4.79 Å². The molecule has 0 radical (unpaired) electrons. The van der Waals surface area contributed by atoms with Crippen LogP contribution >= 0.6 is 0 Å². The molecule has 5 nitrogen and oxygen atoms in total. The Morgan fingerprint density at radius 3 is 2.93 bits per heavy atom. The van der Waals surface area contributed by atoms with Crippen LogP contribution in [0.4, 0.5) is 4.79 Å². The third-order valence-electron chi connectivity index (χ3n) is 1.93. The maximum absolute atomic E-state index is 11.1. The summed E-state index contributed by atoms with van der Waals surface area (Å²) in [6.07, 6.45) is 1.33. The van der Waals surface area contributed by atoms with E-state index in [1.807, 2.05) is 13.0 Å². The standard InChI is InChI=1S/C10H16N2O3/c1-3-11-10(13)12-7-9(14-2)8-5-4-6-15-8/h4-6,9H,3,7H2,1-2H3,(H2,11,12,13). The fraction of sp³-hybridized carbons (Fsp3) is 0.500. The first-order chi connectivity index (χ1) is 7.27. The molecule has 1 aromatic heterocycles. The van der Waals surface area contributed by atoms with E-state index in [1.54, 1.807) is 19.4 Å². The van der Waals surface area contributed by atoms with E-state index in [4.69, 9.17) is 9.15 Å². The number of hydrogen-bond acceptors (Lipinski definition) is 3. The van der Waals surface area contributed by atoms with E-state index in [9.17, 15) is 4.79 Å². The van der Waals surface area contributed by atoms with Gasteiger partial charge in [-0.2, -0.15) is 0 Å². The molecule has 1 aromatic rings. The van der Waals surface area contributed by atoms with Gasteiger partial charge in [0.1, 0.15) is 11.9 Å². The fourth-order valence-electron chi connectivity index (χ4n) is 1.18. The number of methoxy groups -OCH3 is 1. The third kappa shape index (κ3) is 3.63. The van der Waals surface area contributed by atoms with E-state index in [2.05, 4.69) is 10.6 Å². The van der Waals surface area contributed by atoms with E-state index < -0.39 is 0 Å². The number of amides is 2. The highest BCUT2D eigenvalue weighted by molar-refractivity contribution is 5.73. The van der Waals surface area contributed by atoms with Crippen LogP contribution in [0.15, 0.2) is 22.8 Å². The molecule has 0 saturated heterocycles. The minimum Gasteiger partial charge on any atom is -0.467 e. The lowest BCUT2D eigenvalue weighted by molar-refractivity contribution is 0.0850. The second-order valence-corrected chi connectivity index (χ2v) is 2.98. The predicted octanol–water partition coefficient (Wildman–Crippen LogP) is 1.29. The lowest BCUT2D eigenvalue weighted by Gasteiger charge is -2.13. The van der Waals surface area contributed by atoms with Gasteiger partial charge >= 0.3 is 6.03 Å². The van der Waals surface area contributed by atoms with Crippen LogP contribution in [0.25, 0.3) is 0 Å². The van der Waals surface area contributed by atoms with Crippen molar-refractivity contribution in [3.8, 4) is 0 Å². The lowest BCUT2D eigenvalue weighted by atomic mass is 10.3. The predicted molar refractivity (Wildman–Crippen MR) is 55.5 cm³/mol. The largest absolute Gasteiger partial charge is 0.467 e. The summed E-state index contributed by atoms with van der Waals surface area (Å²) in [6, 6.07) is 3.40. The van der Waals surface area contributed by atoms with Crippen LogP contribution in [-0.2, 0) is 4.74 Å². The molecular weight excluding hydrogens is 196 g/mol. The van der Waals surface area contributed by atoms with Crippen molar-refractivity contribution in [2.75, 3.05) is 20.2 Å². The maximum atomic E-state index is 11.1. The number of carbonyl (C=O) groups is 1. The van der Waals surface area contributed by atoms with Crippen LogP contribution in [-0.4, -0.2) is 26.2 Å². The quantitative estimate of drug-likeness (QED) is 0.773. The van der Waals surface area contributed by atoms with Gasteiger partial charge in [0, 0.05) is 13.7 Å². The van der Waals surface area contributed by atoms with Crippen molar-refractivity contribution in [3.05, 3.63) is 24.2 Å². The molecule has 0 saturated carbocycles. The Morgan fingerprint density at radius 2 is 2.40 bits per heavy atom. The van der Waals surface area contributed by atoms with Gasteiger partial charge in [-0.05, 0) is 19.1 Å². The molecule has 2 amide bonds. The van der Waals surface area contributed by atoms with Gasteiger partial charge in [0.05, 0.1) is 12.8 Å². The summed E-state index contributed by atoms with van der Waals surface area (Å²) in [4.78, 5) is 11.1. The van der Waals surface area contributed by atoms with Crippen molar-refractivity contribution in [1.29, 1.82) is 0 Å². The Bertz CT molecular complexity index is 285. The molecule has 0 aliphatic heterocycles. The first-order valence-corrected chi connectivity index (χ1v) is 4.85. The first kappa shape index (κ1) is 11.6. The average Bonchev–Trinajstić information content (AvgIpc) is 2.72.